The highest BCUT2D eigenvalue weighted by Crippen LogP contribution is 2.36. The Balaban J connectivity index is 1.35. The van der Waals surface area contributed by atoms with E-state index in [4.69, 9.17) is 9.47 Å². The van der Waals surface area contributed by atoms with Crippen molar-refractivity contribution in [1.82, 2.24) is 0 Å². The van der Waals surface area contributed by atoms with Gasteiger partial charge in [-0.05, 0) is 82.1 Å². The van der Waals surface area contributed by atoms with Crippen molar-refractivity contribution in [2.45, 2.75) is 64.6 Å². The van der Waals surface area contributed by atoms with Gasteiger partial charge in [0.25, 0.3) is 6.08 Å². The summed E-state index contributed by atoms with van der Waals surface area (Å²) in [7, 11) is 0. The molecule has 3 fully saturated rings. The quantitative estimate of drug-likeness (QED) is 0.507. The van der Waals surface area contributed by atoms with Gasteiger partial charge in [0.05, 0.1) is 13.2 Å². The van der Waals surface area contributed by atoms with Crippen molar-refractivity contribution >= 4 is 0 Å². The van der Waals surface area contributed by atoms with Gasteiger partial charge in [0.2, 0.25) is 0 Å². The van der Waals surface area contributed by atoms with Crippen molar-refractivity contribution in [3.8, 4) is 0 Å². The van der Waals surface area contributed by atoms with E-state index in [1.54, 1.807) is 0 Å². The lowest BCUT2D eigenvalue weighted by molar-refractivity contribution is -0.222. The van der Waals surface area contributed by atoms with E-state index >= 15 is 0 Å². The minimum absolute atomic E-state index is 0.204. The molecule has 3 rings (SSSR count). The molecular weight excluding hydrogens is 346 g/mol. The zero-order valence-corrected chi connectivity index (χ0v) is 16.5. The summed E-state index contributed by atoms with van der Waals surface area (Å²) in [5.41, 5.74) is 0. The molecule has 0 amide bonds. The van der Waals surface area contributed by atoms with Gasteiger partial charge in [-0.3, -0.25) is 0 Å². The first-order valence-corrected chi connectivity index (χ1v) is 10.7. The Morgan fingerprint density at radius 2 is 1.19 bits per heavy atom. The highest BCUT2D eigenvalue weighted by Gasteiger charge is 2.32. The van der Waals surface area contributed by atoms with Crippen molar-refractivity contribution in [1.29, 1.82) is 0 Å². The molecular formula is C23H34F2O2. The molecule has 0 bridgehead atoms. The normalized spacial score (nSPS) is 38.3. The van der Waals surface area contributed by atoms with E-state index in [-0.39, 0.29) is 12.2 Å². The first-order chi connectivity index (χ1) is 13.1. The molecule has 0 N–H and O–H groups in total. The number of hydrogen-bond acceptors (Lipinski definition) is 2. The van der Waals surface area contributed by atoms with E-state index in [1.807, 2.05) is 0 Å². The molecule has 0 atom stereocenters. The standard InChI is InChI=1S/C23H34F2O2/c1-2-3-17-4-6-18(7-5-17)8-9-19-10-12-21(13-11-19)23-26-15-20(16-27-23)14-22(24)25/h2-3,8-9,14,17-21,23H,4-7,10-13,15-16H2,1H3. The molecule has 0 unspecified atom stereocenters. The number of rotatable bonds is 5. The van der Waals surface area contributed by atoms with Crippen LogP contribution in [0.2, 0.25) is 0 Å². The van der Waals surface area contributed by atoms with Crippen molar-refractivity contribution in [2.24, 2.45) is 29.6 Å². The number of halogens is 2. The SMILES string of the molecule is CC=CC1CCC(C=CC2CCC(C3OCC(C=C(F)F)CO3)CC2)CC1. The van der Waals surface area contributed by atoms with E-state index < -0.39 is 6.08 Å². The minimum atomic E-state index is -1.65. The molecule has 2 nitrogen and oxygen atoms in total. The van der Waals surface area contributed by atoms with E-state index in [1.165, 1.54) is 38.5 Å². The van der Waals surface area contributed by atoms with E-state index in [0.717, 1.165) is 30.8 Å². The van der Waals surface area contributed by atoms with Gasteiger partial charge in [0.15, 0.2) is 6.29 Å². The first kappa shape index (κ1) is 20.7. The molecule has 1 heterocycles. The van der Waals surface area contributed by atoms with Gasteiger partial charge in [-0.2, -0.15) is 8.78 Å². The molecule has 0 aromatic carbocycles. The van der Waals surface area contributed by atoms with E-state index in [0.29, 0.717) is 25.0 Å². The average Bonchev–Trinajstić information content (AvgIpc) is 2.68. The molecule has 0 aromatic heterocycles. The fourth-order valence-electron chi connectivity index (χ4n) is 4.81. The summed E-state index contributed by atoms with van der Waals surface area (Å²) in [5, 5.41) is 0. The molecule has 27 heavy (non-hydrogen) atoms. The second-order valence-corrected chi connectivity index (χ2v) is 8.51. The minimum Gasteiger partial charge on any atom is -0.352 e. The Morgan fingerprint density at radius 3 is 1.67 bits per heavy atom. The van der Waals surface area contributed by atoms with Crippen molar-refractivity contribution in [3.05, 3.63) is 36.5 Å². The van der Waals surface area contributed by atoms with Gasteiger partial charge < -0.3 is 9.47 Å². The van der Waals surface area contributed by atoms with Crippen molar-refractivity contribution in [3.63, 3.8) is 0 Å². The maximum atomic E-state index is 12.3. The Labute approximate surface area is 162 Å². The van der Waals surface area contributed by atoms with Crippen LogP contribution >= 0.6 is 0 Å². The third kappa shape index (κ3) is 6.53. The van der Waals surface area contributed by atoms with Gasteiger partial charge in [-0.25, -0.2) is 0 Å². The molecule has 2 saturated carbocycles. The fourth-order valence-corrected chi connectivity index (χ4v) is 4.81. The molecule has 1 saturated heterocycles. The zero-order valence-electron chi connectivity index (χ0n) is 16.5. The van der Waals surface area contributed by atoms with E-state index in [2.05, 4.69) is 31.2 Å². The smallest absolute Gasteiger partial charge is 0.266 e. The van der Waals surface area contributed by atoms with E-state index in [9.17, 15) is 8.78 Å². The Hall–Kier alpha value is -1.00. The molecule has 0 radical (unpaired) electrons. The van der Waals surface area contributed by atoms with Crippen LogP contribution in [0.5, 0.6) is 0 Å². The maximum absolute atomic E-state index is 12.3. The number of allylic oxidation sites excluding steroid dienone is 4. The molecule has 0 aromatic rings. The predicted molar refractivity (Wildman–Crippen MR) is 104 cm³/mol. The number of hydrogen-bond donors (Lipinski definition) is 0. The third-order valence-corrected chi connectivity index (χ3v) is 6.45. The van der Waals surface area contributed by atoms with Crippen LogP contribution < -0.4 is 0 Å². The lowest BCUT2D eigenvalue weighted by Gasteiger charge is -2.36. The van der Waals surface area contributed by atoms with Gasteiger partial charge in [-0.1, -0.05) is 24.3 Å². The second-order valence-electron chi connectivity index (χ2n) is 8.51. The zero-order chi connectivity index (χ0) is 19.1. The molecule has 0 spiro atoms. The van der Waals surface area contributed by atoms with Crippen LogP contribution in [-0.2, 0) is 9.47 Å². The summed E-state index contributed by atoms with van der Waals surface area (Å²) >= 11 is 0. The van der Waals surface area contributed by atoms with Gasteiger partial charge in [-0.15, -0.1) is 0 Å². The number of ether oxygens (including phenoxy) is 2. The Morgan fingerprint density at radius 1 is 0.704 bits per heavy atom. The second kappa shape index (κ2) is 10.5. The van der Waals surface area contributed by atoms with Crippen molar-refractivity contribution in [2.75, 3.05) is 13.2 Å². The fraction of sp³-hybridized carbons (Fsp3) is 0.739. The molecule has 2 aliphatic carbocycles. The van der Waals surface area contributed by atoms with Crippen LogP contribution in [0.15, 0.2) is 36.5 Å². The molecule has 4 heteroatoms. The van der Waals surface area contributed by atoms with Crippen LogP contribution in [0, 0.1) is 29.6 Å². The lowest BCUT2D eigenvalue weighted by atomic mass is 9.79. The summed E-state index contributed by atoms with van der Waals surface area (Å²) in [5.74, 6) is 2.33. The summed E-state index contributed by atoms with van der Waals surface area (Å²) in [6.45, 7) is 2.81. The van der Waals surface area contributed by atoms with Crippen LogP contribution in [0.1, 0.15) is 58.3 Å². The third-order valence-electron chi connectivity index (χ3n) is 6.45. The van der Waals surface area contributed by atoms with Gasteiger partial charge in [0.1, 0.15) is 0 Å². The van der Waals surface area contributed by atoms with Gasteiger partial charge in [0, 0.05) is 11.8 Å². The average molecular weight is 381 g/mol. The highest BCUT2D eigenvalue weighted by molar-refractivity contribution is 4.98. The predicted octanol–water partition coefficient (Wildman–Crippen LogP) is 6.50. The molecule has 152 valence electrons. The van der Waals surface area contributed by atoms with Crippen LogP contribution in [0.25, 0.3) is 0 Å². The topological polar surface area (TPSA) is 18.5 Å². The summed E-state index contributed by atoms with van der Waals surface area (Å²) in [4.78, 5) is 0. The summed E-state index contributed by atoms with van der Waals surface area (Å²) < 4.78 is 36.1. The maximum Gasteiger partial charge on any atom is 0.266 e. The highest BCUT2D eigenvalue weighted by atomic mass is 19.3. The van der Waals surface area contributed by atoms with Crippen LogP contribution in [-0.4, -0.2) is 19.5 Å². The molecule has 1 aliphatic heterocycles. The largest absolute Gasteiger partial charge is 0.352 e. The Bertz CT molecular complexity index is 514. The Kier molecular flexibility index (Phi) is 8.07. The van der Waals surface area contributed by atoms with Crippen molar-refractivity contribution < 1.29 is 18.3 Å². The van der Waals surface area contributed by atoms with Crippen LogP contribution in [0.3, 0.4) is 0 Å². The molecule has 3 aliphatic rings. The monoisotopic (exact) mass is 380 g/mol. The lowest BCUT2D eigenvalue weighted by Crippen LogP contribution is -2.38. The summed E-state index contributed by atoms with van der Waals surface area (Å²) in [6, 6.07) is 0. The van der Waals surface area contributed by atoms with Crippen LogP contribution in [0.4, 0.5) is 8.78 Å². The summed E-state index contributed by atoms with van der Waals surface area (Å²) in [6.07, 6.45) is 18.4. The first-order valence-electron chi connectivity index (χ1n) is 10.7. The van der Waals surface area contributed by atoms with Gasteiger partial charge >= 0.3 is 0 Å².